The van der Waals surface area contributed by atoms with Gasteiger partial charge in [0.2, 0.25) is 11.6 Å². The highest BCUT2D eigenvalue weighted by molar-refractivity contribution is 6.10. The van der Waals surface area contributed by atoms with Crippen LogP contribution in [0.5, 0.6) is 0 Å². The first-order valence-electron chi connectivity index (χ1n) is 13.2. The van der Waals surface area contributed by atoms with Crippen molar-refractivity contribution in [1.29, 1.82) is 0 Å². The number of hydrogen-bond acceptors (Lipinski definition) is 6. The van der Waals surface area contributed by atoms with Crippen LogP contribution in [0.2, 0.25) is 0 Å². The summed E-state index contributed by atoms with van der Waals surface area (Å²) in [5.74, 6) is -2.16. The number of hydrogen-bond donors (Lipinski definition) is 3. The number of aliphatic hydroxyl groups excluding tert-OH is 2. The molecule has 6 heteroatoms. The topological polar surface area (TPSA) is 96.2 Å². The quantitative estimate of drug-likeness (QED) is 0.411. The number of carbonyl (C=O) groups is 1. The Bertz CT molecular complexity index is 1000. The number of Topliss-reactive ketones (excluding diaryl/α,β-unsaturated/α-hetero) is 1. The van der Waals surface area contributed by atoms with Crippen LogP contribution in [0, 0.1) is 29.6 Å². The monoisotopic (exact) mass is 486 g/mol. The third-order valence-electron chi connectivity index (χ3n) is 8.66. The summed E-state index contributed by atoms with van der Waals surface area (Å²) in [6, 6.07) is 0. The van der Waals surface area contributed by atoms with Gasteiger partial charge in [-0.3, -0.25) is 4.79 Å². The minimum atomic E-state index is -1.60. The van der Waals surface area contributed by atoms with Crippen molar-refractivity contribution in [1.82, 2.24) is 0 Å². The predicted octanol–water partition coefficient (Wildman–Crippen LogP) is 5.13. The molecule has 0 radical (unpaired) electrons. The summed E-state index contributed by atoms with van der Waals surface area (Å²) in [5, 5.41) is 33.8. The summed E-state index contributed by atoms with van der Waals surface area (Å²) in [5.41, 5.74) is 2.44. The first-order valence-corrected chi connectivity index (χ1v) is 13.2. The lowest BCUT2D eigenvalue weighted by molar-refractivity contribution is -0.164. The molecule has 3 aliphatic heterocycles. The van der Waals surface area contributed by atoms with Gasteiger partial charge in [-0.2, -0.15) is 0 Å². The first-order chi connectivity index (χ1) is 16.3. The Hall–Kier alpha value is -1.89. The number of ketones is 1. The maximum Gasteiger partial charge on any atom is 0.231 e. The van der Waals surface area contributed by atoms with Crippen LogP contribution in [-0.2, 0) is 14.3 Å². The second-order valence-corrected chi connectivity index (χ2v) is 11.8. The molecule has 1 saturated heterocycles. The molecule has 3 heterocycles. The lowest BCUT2D eigenvalue weighted by Gasteiger charge is -2.44. The molecular formula is C29H42O6. The van der Waals surface area contributed by atoms with Gasteiger partial charge in [-0.25, -0.2) is 0 Å². The van der Waals surface area contributed by atoms with Gasteiger partial charge in [0, 0.05) is 34.5 Å². The highest BCUT2D eigenvalue weighted by Crippen LogP contribution is 2.49. The molecule has 6 nitrogen and oxygen atoms in total. The Morgan fingerprint density at radius 2 is 1.74 bits per heavy atom. The second-order valence-electron chi connectivity index (χ2n) is 11.8. The first kappa shape index (κ1) is 26.2. The summed E-state index contributed by atoms with van der Waals surface area (Å²) in [6.45, 7) is 14.0. The van der Waals surface area contributed by atoms with Gasteiger partial charge in [-0.1, -0.05) is 46.3 Å². The van der Waals surface area contributed by atoms with Crippen molar-refractivity contribution in [2.24, 2.45) is 29.6 Å². The third kappa shape index (κ3) is 4.65. The summed E-state index contributed by atoms with van der Waals surface area (Å²) in [4.78, 5) is 13.0. The molecular weight excluding hydrogens is 444 g/mol. The molecule has 194 valence electrons. The molecule has 0 amide bonds. The van der Waals surface area contributed by atoms with Crippen LogP contribution in [-0.4, -0.2) is 45.2 Å². The van der Waals surface area contributed by atoms with Crippen LogP contribution in [0.3, 0.4) is 0 Å². The van der Waals surface area contributed by atoms with Crippen molar-refractivity contribution in [3.05, 3.63) is 46.0 Å². The molecule has 1 aliphatic carbocycles. The fourth-order valence-electron chi connectivity index (χ4n) is 6.51. The fraction of sp³-hybridized carbons (Fsp3) is 0.690. The van der Waals surface area contributed by atoms with E-state index >= 15 is 0 Å². The smallest absolute Gasteiger partial charge is 0.231 e. The van der Waals surface area contributed by atoms with Crippen LogP contribution in [0.15, 0.2) is 46.0 Å². The van der Waals surface area contributed by atoms with Crippen LogP contribution in [0.1, 0.15) is 74.1 Å². The molecule has 1 fully saturated rings. The molecule has 0 aromatic carbocycles. The molecule has 4 bridgehead atoms. The number of allylic oxidation sites excluding steroid dienone is 4. The minimum Gasteiger partial charge on any atom is -0.504 e. The van der Waals surface area contributed by atoms with E-state index < -0.39 is 23.8 Å². The van der Waals surface area contributed by atoms with Crippen LogP contribution < -0.4 is 0 Å². The summed E-state index contributed by atoms with van der Waals surface area (Å²) in [7, 11) is 0. The van der Waals surface area contributed by atoms with Gasteiger partial charge in [0.25, 0.3) is 0 Å². The lowest BCUT2D eigenvalue weighted by atomic mass is 9.75. The van der Waals surface area contributed by atoms with E-state index in [0.717, 1.165) is 25.7 Å². The van der Waals surface area contributed by atoms with Gasteiger partial charge >= 0.3 is 0 Å². The number of carbonyl (C=O) groups excluding carboxylic acids is 1. The molecule has 35 heavy (non-hydrogen) atoms. The van der Waals surface area contributed by atoms with Crippen LogP contribution >= 0.6 is 0 Å². The summed E-state index contributed by atoms with van der Waals surface area (Å²) < 4.78 is 12.7. The van der Waals surface area contributed by atoms with E-state index in [9.17, 15) is 20.1 Å². The average molecular weight is 487 g/mol. The van der Waals surface area contributed by atoms with Gasteiger partial charge < -0.3 is 24.8 Å². The molecule has 4 rings (SSSR count). The van der Waals surface area contributed by atoms with Crippen molar-refractivity contribution in [3.63, 3.8) is 0 Å². The molecule has 0 saturated carbocycles. The fourth-order valence-corrected chi connectivity index (χ4v) is 6.51. The van der Waals surface area contributed by atoms with Crippen LogP contribution in [0.25, 0.3) is 0 Å². The van der Waals surface area contributed by atoms with Crippen molar-refractivity contribution >= 4 is 5.78 Å². The zero-order valence-electron chi connectivity index (χ0n) is 22.2. The Kier molecular flexibility index (Phi) is 7.13. The molecule has 0 aromatic rings. The van der Waals surface area contributed by atoms with E-state index in [1.807, 2.05) is 20.8 Å². The van der Waals surface area contributed by atoms with Crippen molar-refractivity contribution in [3.8, 4) is 0 Å². The van der Waals surface area contributed by atoms with Crippen molar-refractivity contribution in [2.45, 2.75) is 98.2 Å². The van der Waals surface area contributed by atoms with E-state index in [2.05, 4.69) is 26.8 Å². The minimum absolute atomic E-state index is 0.0815. The lowest BCUT2D eigenvalue weighted by Crippen LogP contribution is -2.50. The predicted molar refractivity (Wildman–Crippen MR) is 134 cm³/mol. The highest BCUT2D eigenvalue weighted by Gasteiger charge is 2.51. The maximum absolute atomic E-state index is 13.0. The van der Waals surface area contributed by atoms with Gasteiger partial charge in [0.15, 0.2) is 5.76 Å². The standard InChI is InChI=1S/C29H42O6/c1-14-8-9-22-18(5)24(30)19(6)28(34-22)23-21-13-29(33,17(4)12-16(3)11-15(2)10-14)35-27(21)20(7)25(31)26(23)32/h10,13-14,16-19,22,24,28,30,32-33H,8-9,11-12H2,1-7H3/t14?,16?,17?,18?,19?,22?,24?,28?,29-/m1/s1. The number of fused-ring (bicyclic) bond motifs is 4. The number of rotatable bonds is 0. The Balaban J connectivity index is 1.83. The van der Waals surface area contributed by atoms with Crippen molar-refractivity contribution in [2.75, 3.05) is 0 Å². The summed E-state index contributed by atoms with van der Waals surface area (Å²) in [6.07, 6.45) is 5.76. The Morgan fingerprint density at radius 1 is 1.06 bits per heavy atom. The van der Waals surface area contributed by atoms with Gasteiger partial charge in [-0.05, 0) is 57.4 Å². The Morgan fingerprint density at radius 3 is 2.43 bits per heavy atom. The number of ether oxygens (including phenoxy) is 2. The van der Waals surface area contributed by atoms with Gasteiger partial charge in [0.1, 0.15) is 5.76 Å². The summed E-state index contributed by atoms with van der Waals surface area (Å²) >= 11 is 0. The van der Waals surface area contributed by atoms with Crippen molar-refractivity contribution < 1.29 is 29.6 Å². The zero-order valence-corrected chi connectivity index (χ0v) is 22.2. The average Bonchev–Trinajstić information content (AvgIpc) is 3.14. The maximum atomic E-state index is 13.0. The van der Waals surface area contributed by atoms with E-state index in [1.54, 1.807) is 13.0 Å². The van der Waals surface area contributed by atoms with E-state index in [4.69, 9.17) is 9.47 Å². The van der Waals surface area contributed by atoms with E-state index in [0.29, 0.717) is 28.7 Å². The Labute approximate surface area is 209 Å². The van der Waals surface area contributed by atoms with E-state index in [-0.39, 0.29) is 35.2 Å². The molecule has 3 N–H and O–H groups in total. The normalized spacial score (nSPS) is 43.1. The SMILES string of the molecule is CC1=CC(C)CCC2OC(C3=C(O)C(=O)C(C)=C4O[C@](O)(C=C43)C(C)CC(C)C1)C(C)C(O)C2C. The molecule has 4 aliphatic rings. The van der Waals surface area contributed by atoms with Gasteiger partial charge in [0.05, 0.1) is 18.3 Å². The zero-order chi connectivity index (χ0) is 25.8. The molecule has 9 atom stereocenters. The number of aliphatic hydroxyl groups is 3. The molecule has 0 aromatic heterocycles. The third-order valence-corrected chi connectivity index (χ3v) is 8.66. The van der Waals surface area contributed by atoms with Gasteiger partial charge in [-0.15, -0.1) is 0 Å². The molecule has 0 spiro atoms. The largest absolute Gasteiger partial charge is 0.504 e. The van der Waals surface area contributed by atoms with Crippen LogP contribution in [0.4, 0.5) is 0 Å². The second kappa shape index (κ2) is 9.53. The van der Waals surface area contributed by atoms with E-state index in [1.165, 1.54) is 5.57 Å². The highest BCUT2D eigenvalue weighted by atomic mass is 16.6. The molecule has 8 unspecified atom stereocenters.